The van der Waals surface area contributed by atoms with E-state index in [9.17, 15) is 4.79 Å². The molecule has 6 heteroatoms. The Hall–Kier alpha value is -1.04. The molecule has 2 aromatic heterocycles. The lowest BCUT2D eigenvalue weighted by molar-refractivity contribution is 0.0703. The zero-order valence-electron chi connectivity index (χ0n) is 9.91. The van der Waals surface area contributed by atoms with Gasteiger partial charge in [0.05, 0.1) is 20.5 Å². The van der Waals surface area contributed by atoms with Crippen LogP contribution >= 0.6 is 34.3 Å². The Morgan fingerprint density at radius 1 is 1.50 bits per heavy atom. The molecule has 3 N–H and O–H groups in total. The third kappa shape index (κ3) is 2.02. The summed E-state index contributed by atoms with van der Waals surface area (Å²) in [6, 6.07) is 0. The lowest BCUT2D eigenvalue weighted by Gasteiger charge is -2.00. The lowest BCUT2D eigenvalue weighted by Crippen LogP contribution is -1.99. The van der Waals surface area contributed by atoms with E-state index in [-0.39, 0.29) is 4.88 Å². The molecular weight excluding hydrogens is 290 g/mol. The van der Waals surface area contributed by atoms with Crippen LogP contribution in [0.4, 0.5) is 5.69 Å². The standard InChI is InChI=1S/C12H12ClNO2S2/c1-3-6-8(14)11(12(15)16)18-9(6)10-7(13)5(2)4-17-10/h4H,3,14H2,1-2H3,(H,15,16). The van der Waals surface area contributed by atoms with Gasteiger partial charge in [-0.1, -0.05) is 18.5 Å². The molecule has 0 radical (unpaired) electrons. The third-order valence-electron chi connectivity index (χ3n) is 2.70. The number of nitrogen functional groups attached to an aromatic ring is 1. The van der Waals surface area contributed by atoms with E-state index < -0.39 is 5.97 Å². The first kappa shape index (κ1) is 13.4. The van der Waals surface area contributed by atoms with Crippen LogP contribution in [0.25, 0.3) is 9.75 Å². The van der Waals surface area contributed by atoms with Gasteiger partial charge in [0.15, 0.2) is 0 Å². The minimum absolute atomic E-state index is 0.198. The molecule has 0 amide bonds. The number of thiophene rings is 2. The number of nitrogens with two attached hydrogens (primary N) is 1. The molecule has 0 aliphatic heterocycles. The Labute approximate surface area is 118 Å². The molecule has 2 aromatic rings. The molecule has 0 spiro atoms. The molecule has 2 rings (SSSR count). The topological polar surface area (TPSA) is 63.3 Å². The molecule has 0 unspecified atom stereocenters. The zero-order chi connectivity index (χ0) is 13.4. The van der Waals surface area contributed by atoms with Crippen LogP contribution in [0.5, 0.6) is 0 Å². The fourth-order valence-corrected chi connectivity index (χ4v) is 4.43. The minimum atomic E-state index is -0.983. The highest BCUT2D eigenvalue weighted by Gasteiger charge is 2.22. The van der Waals surface area contributed by atoms with Crippen molar-refractivity contribution in [3.8, 4) is 9.75 Å². The molecule has 0 saturated heterocycles. The van der Waals surface area contributed by atoms with Crippen LogP contribution in [-0.2, 0) is 6.42 Å². The van der Waals surface area contributed by atoms with E-state index in [0.29, 0.717) is 17.1 Å². The maximum atomic E-state index is 11.1. The Balaban J connectivity index is 2.68. The van der Waals surface area contributed by atoms with E-state index in [2.05, 4.69) is 0 Å². The predicted molar refractivity (Wildman–Crippen MR) is 78.1 cm³/mol. The van der Waals surface area contributed by atoms with E-state index in [0.717, 1.165) is 20.9 Å². The molecule has 0 atom stereocenters. The largest absolute Gasteiger partial charge is 0.477 e. The Morgan fingerprint density at radius 2 is 2.17 bits per heavy atom. The summed E-state index contributed by atoms with van der Waals surface area (Å²) in [7, 11) is 0. The number of halogens is 1. The Bertz CT molecular complexity index is 616. The van der Waals surface area contributed by atoms with Gasteiger partial charge in [0, 0.05) is 0 Å². The summed E-state index contributed by atoms with van der Waals surface area (Å²) in [5, 5.41) is 11.8. The van der Waals surface area contributed by atoms with Gasteiger partial charge in [0.25, 0.3) is 0 Å². The molecule has 0 saturated carbocycles. The summed E-state index contributed by atoms with van der Waals surface area (Å²) in [5.41, 5.74) is 8.15. The van der Waals surface area contributed by atoms with Crippen LogP contribution in [0.2, 0.25) is 5.02 Å². The number of carboxylic acids is 1. The van der Waals surface area contributed by atoms with Gasteiger partial charge in [-0.05, 0) is 29.9 Å². The highest BCUT2D eigenvalue weighted by molar-refractivity contribution is 7.23. The fourth-order valence-electron chi connectivity index (χ4n) is 1.75. The second-order valence-electron chi connectivity index (χ2n) is 3.87. The molecular formula is C12H12ClNO2S2. The number of hydrogen-bond acceptors (Lipinski definition) is 4. The summed E-state index contributed by atoms with van der Waals surface area (Å²) in [6.07, 6.45) is 0.693. The third-order valence-corrected chi connectivity index (χ3v) is 5.80. The Morgan fingerprint density at radius 3 is 2.61 bits per heavy atom. The zero-order valence-corrected chi connectivity index (χ0v) is 12.3. The first-order valence-electron chi connectivity index (χ1n) is 5.35. The van der Waals surface area contributed by atoms with Gasteiger partial charge in [-0.25, -0.2) is 4.79 Å². The lowest BCUT2D eigenvalue weighted by atomic mass is 10.1. The molecule has 0 aromatic carbocycles. The van der Waals surface area contributed by atoms with Crippen LogP contribution in [0.15, 0.2) is 5.38 Å². The second kappa shape index (κ2) is 4.91. The Kier molecular flexibility index (Phi) is 3.66. The molecule has 0 aliphatic rings. The molecule has 0 fully saturated rings. The number of carboxylic acid groups (broad SMARTS) is 1. The molecule has 3 nitrogen and oxygen atoms in total. The highest BCUT2D eigenvalue weighted by atomic mass is 35.5. The SMILES string of the molecule is CCc1c(-c2scc(C)c2Cl)sc(C(=O)O)c1N. The summed E-state index contributed by atoms with van der Waals surface area (Å²) in [6.45, 7) is 3.89. The normalized spacial score (nSPS) is 10.8. The van der Waals surface area contributed by atoms with Gasteiger partial charge in [0.1, 0.15) is 4.88 Å². The van der Waals surface area contributed by atoms with Gasteiger partial charge >= 0.3 is 5.97 Å². The fraction of sp³-hybridized carbons (Fsp3) is 0.250. The van der Waals surface area contributed by atoms with Gasteiger partial charge in [-0.3, -0.25) is 0 Å². The van der Waals surface area contributed by atoms with Crippen molar-refractivity contribution < 1.29 is 9.90 Å². The van der Waals surface area contributed by atoms with E-state index in [1.54, 1.807) is 0 Å². The number of anilines is 1. The van der Waals surface area contributed by atoms with Crippen molar-refractivity contribution in [3.63, 3.8) is 0 Å². The molecule has 0 bridgehead atoms. The number of aromatic carboxylic acids is 1. The average Bonchev–Trinajstić information content (AvgIpc) is 2.81. The summed E-state index contributed by atoms with van der Waals surface area (Å²) in [5.74, 6) is -0.983. The average molecular weight is 302 g/mol. The maximum Gasteiger partial charge on any atom is 0.348 e. The summed E-state index contributed by atoms with van der Waals surface area (Å²) >= 11 is 8.97. The van der Waals surface area contributed by atoms with Crippen LogP contribution < -0.4 is 5.73 Å². The highest BCUT2D eigenvalue weighted by Crippen LogP contribution is 2.45. The van der Waals surface area contributed by atoms with Gasteiger partial charge in [0.2, 0.25) is 0 Å². The van der Waals surface area contributed by atoms with Crippen molar-refractivity contribution in [1.82, 2.24) is 0 Å². The molecule has 96 valence electrons. The predicted octanol–water partition coefficient (Wildman–Crippen LogP) is 4.28. The van der Waals surface area contributed by atoms with E-state index in [4.69, 9.17) is 22.4 Å². The molecule has 2 heterocycles. The smallest absolute Gasteiger partial charge is 0.348 e. The van der Waals surface area contributed by atoms with Crippen molar-refractivity contribution in [3.05, 3.63) is 26.4 Å². The minimum Gasteiger partial charge on any atom is -0.477 e. The number of carbonyl (C=O) groups is 1. The van der Waals surface area contributed by atoms with Gasteiger partial charge in [-0.2, -0.15) is 0 Å². The van der Waals surface area contributed by atoms with Crippen LogP contribution in [0, 0.1) is 6.92 Å². The van der Waals surface area contributed by atoms with Crippen molar-refractivity contribution >= 4 is 45.9 Å². The van der Waals surface area contributed by atoms with Crippen molar-refractivity contribution in [2.24, 2.45) is 0 Å². The summed E-state index contributed by atoms with van der Waals surface area (Å²) in [4.78, 5) is 13.1. The maximum absolute atomic E-state index is 11.1. The monoisotopic (exact) mass is 301 g/mol. The van der Waals surface area contributed by atoms with Gasteiger partial charge < -0.3 is 10.8 Å². The van der Waals surface area contributed by atoms with E-state index in [1.807, 2.05) is 19.2 Å². The number of hydrogen-bond donors (Lipinski definition) is 2. The first-order chi connectivity index (χ1) is 8.47. The molecule has 0 aliphatic carbocycles. The number of rotatable bonds is 3. The quantitative estimate of drug-likeness (QED) is 0.889. The van der Waals surface area contributed by atoms with Crippen molar-refractivity contribution in [1.29, 1.82) is 0 Å². The summed E-state index contributed by atoms with van der Waals surface area (Å²) < 4.78 is 0. The first-order valence-corrected chi connectivity index (χ1v) is 7.43. The van der Waals surface area contributed by atoms with Crippen LogP contribution in [0.1, 0.15) is 27.7 Å². The van der Waals surface area contributed by atoms with Crippen LogP contribution in [-0.4, -0.2) is 11.1 Å². The van der Waals surface area contributed by atoms with Gasteiger partial charge in [-0.15, -0.1) is 22.7 Å². The number of aryl methyl sites for hydroxylation is 1. The van der Waals surface area contributed by atoms with E-state index >= 15 is 0 Å². The molecule has 18 heavy (non-hydrogen) atoms. The second-order valence-corrected chi connectivity index (χ2v) is 6.15. The van der Waals surface area contributed by atoms with E-state index in [1.165, 1.54) is 22.7 Å². The van der Waals surface area contributed by atoms with Crippen LogP contribution in [0.3, 0.4) is 0 Å². The van der Waals surface area contributed by atoms with Crippen molar-refractivity contribution in [2.75, 3.05) is 5.73 Å². The van der Waals surface area contributed by atoms with Crippen molar-refractivity contribution in [2.45, 2.75) is 20.3 Å².